The molecular weight excluding hydrogens is 470 g/mol. The SMILES string of the molecule is [CH2-]C(COc1ccccc1)CN(C(=O)c1ccccc1)C([CH2-])C.[W+2]. The van der Waals surface area contributed by atoms with Crippen LogP contribution in [-0.2, 0) is 21.1 Å². The summed E-state index contributed by atoms with van der Waals surface area (Å²) in [7, 11) is 0. The van der Waals surface area contributed by atoms with Gasteiger partial charge in [0.2, 0.25) is 0 Å². The van der Waals surface area contributed by atoms with Crippen molar-refractivity contribution in [3.8, 4) is 5.75 Å². The van der Waals surface area contributed by atoms with Gasteiger partial charge in [-0.3, -0.25) is 4.79 Å². The van der Waals surface area contributed by atoms with Gasteiger partial charge >= 0.3 is 21.1 Å². The van der Waals surface area contributed by atoms with Crippen LogP contribution in [0.15, 0.2) is 60.7 Å². The summed E-state index contributed by atoms with van der Waals surface area (Å²) in [5.74, 6) is 0.748. The van der Waals surface area contributed by atoms with Gasteiger partial charge < -0.3 is 23.5 Å². The summed E-state index contributed by atoms with van der Waals surface area (Å²) in [6, 6.07) is 18.7. The van der Waals surface area contributed by atoms with Gasteiger partial charge in [-0.05, 0) is 30.8 Å². The second-order valence-corrected chi connectivity index (χ2v) is 5.66. The molecule has 0 aliphatic heterocycles. The maximum Gasteiger partial charge on any atom is 2.00 e. The molecule has 0 N–H and O–H groups in total. The van der Waals surface area contributed by atoms with E-state index >= 15 is 0 Å². The Morgan fingerprint density at radius 3 is 2.12 bits per heavy atom. The molecule has 1 amide bonds. The molecule has 2 aromatic carbocycles. The first-order chi connectivity index (χ1) is 11.1. The van der Waals surface area contributed by atoms with Crippen LogP contribution in [-0.4, -0.2) is 30.0 Å². The van der Waals surface area contributed by atoms with Crippen molar-refractivity contribution in [3.63, 3.8) is 0 Å². The molecule has 2 atom stereocenters. The maximum absolute atomic E-state index is 12.6. The molecule has 4 heteroatoms. The second kappa shape index (κ2) is 10.3. The molecule has 24 heavy (non-hydrogen) atoms. The van der Waals surface area contributed by atoms with Crippen LogP contribution < -0.4 is 4.74 Å². The maximum atomic E-state index is 12.6. The normalized spacial score (nSPS) is 12.6. The van der Waals surface area contributed by atoms with Crippen molar-refractivity contribution < 1.29 is 30.6 Å². The minimum Gasteiger partial charge on any atom is -0.496 e. The predicted molar refractivity (Wildman–Crippen MR) is 93.1 cm³/mol. The summed E-state index contributed by atoms with van der Waals surface area (Å²) in [6.45, 7) is 11.0. The molecule has 0 radical (unpaired) electrons. The quantitative estimate of drug-likeness (QED) is 0.549. The first-order valence-corrected chi connectivity index (χ1v) is 7.78. The van der Waals surface area contributed by atoms with E-state index in [1.165, 1.54) is 0 Å². The monoisotopic (exact) mass is 493 g/mol. The van der Waals surface area contributed by atoms with E-state index in [1.807, 2.05) is 67.6 Å². The fourth-order valence-corrected chi connectivity index (χ4v) is 2.27. The molecule has 2 aromatic rings. The second-order valence-electron chi connectivity index (χ2n) is 5.66. The topological polar surface area (TPSA) is 29.5 Å². The van der Waals surface area contributed by atoms with Gasteiger partial charge in [0.25, 0.3) is 5.91 Å². The van der Waals surface area contributed by atoms with E-state index in [9.17, 15) is 4.79 Å². The van der Waals surface area contributed by atoms with Crippen LogP contribution in [0.2, 0.25) is 0 Å². The van der Waals surface area contributed by atoms with Crippen molar-refractivity contribution in [3.05, 3.63) is 80.1 Å². The summed E-state index contributed by atoms with van der Waals surface area (Å²) in [5, 5.41) is 0. The summed E-state index contributed by atoms with van der Waals surface area (Å²) in [6.07, 6.45) is 0. The van der Waals surface area contributed by atoms with Crippen LogP contribution >= 0.6 is 0 Å². The van der Waals surface area contributed by atoms with Gasteiger partial charge in [-0.15, -0.1) is 5.92 Å². The van der Waals surface area contributed by atoms with Crippen molar-refractivity contribution in [1.29, 1.82) is 0 Å². The van der Waals surface area contributed by atoms with Gasteiger partial charge in [0.05, 0.1) is 6.61 Å². The molecular formula is C20H23NO2W. The summed E-state index contributed by atoms with van der Waals surface area (Å²) < 4.78 is 5.71. The van der Waals surface area contributed by atoms with Gasteiger partial charge in [0, 0.05) is 5.56 Å². The Kier molecular flexibility index (Phi) is 8.78. The molecule has 0 bridgehead atoms. The number of carbonyl (C=O) groups is 1. The fourth-order valence-electron chi connectivity index (χ4n) is 2.27. The van der Waals surface area contributed by atoms with E-state index in [0.29, 0.717) is 18.7 Å². The number of carbonyl (C=O) groups excluding carboxylic acids is 1. The largest absolute Gasteiger partial charge is 2.00 e. The zero-order valence-electron chi connectivity index (χ0n) is 13.9. The van der Waals surface area contributed by atoms with Gasteiger partial charge in [0.1, 0.15) is 5.75 Å². The van der Waals surface area contributed by atoms with Crippen LogP contribution in [0.3, 0.4) is 0 Å². The molecule has 0 heterocycles. The molecule has 0 saturated carbocycles. The number of hydrogen-bond acceptors (Lipinski definition) is 2. The Bertz CT molecular complexity index is 602. The Labute approximate surface area is 159 Å². The summed E-state index contributed by atoms with van der Waals surface area (Å²) in [5.41, 5.74) is 0.666. The molecule has 2 rings (SSSR count). The Morgan fingerprint density at radius 2 is 1.58 bits per heavy atom. The van der Waals surface area contributed by atoms with E-state index in [4.69, 9.17) is 4.74 Å². The standard InChI is InChI=1S/C20H23NO2.W/c1-16(2)21(20(22)18-10-6-4-7-11-18)14-17(3)15-23-19-12-8-5-9-13-19;/h4-13,16-17H,1,3,14-15H2,2H3;/q-2;+2. The van der Waals surface area contributed by atoms with Crippen molar-refractivity contribution in [2.45, 2.75) is 13.0 Å². The number of amides is 1. The molecule has 0 aliphatic carbocycles. The molecule has 0 saturated heterocycles. The van der Waals surface area contributed by atoms with Crippen molar-refractivity contribution in [2.75, 3.05) is 13.2 Å². The summed E-state index contributed by atoms with van der Waals surface area (Å²) >= 11 is 0. The molecule has 3 nitrogen and oxygen atoms in total. The van der Waals surface area contributed by atoms with Gasteiger partial charge in [0.15, 0.2) is 0 Å². The Morgan fingerprint density at radius 1 is 1.04 bits per heavy atom. The average Bonchev–Trinajstić information content (AvgIpc) is 2.58. The number of hydrogen-bond donors (Lipinski definition) is 0. The van der Waals surface area contributed by atoms with Crippen LogP contribution in [0.5, 0.6) is 5.75 Å². The predicted octanol–water partition coefficient (Wildman–Crippen LogP) is 3.88. The zero-order valence-corrected chi connectivity index (χ0v) is 16.9. The van der Waals surface area contributed by atoms with E-state index < -0.39 is 0 Å². The van der Waals surface area contributed by atoms with Crippen molar-refractivity contribution in [2.24, 2.45) is 5.92 Å². The molecule has 0 spiro atoms. The molecule has 0 aromatic heterocycles. The minimum absolute atomic E-state index is 0. The number of rotatable bonds is 7. The Balaban J connectivity index is 0.00000288. The van der Waals surface area contributed by atoms with E-state index in [2.05, 4.69) is 13.8 Å². The number of nitrogens with zero attached hydrogens (tertiary/aromatic N) is 1. The van der Waals surface area contributed by atoms with E-state index in [1.54, 1.807) is 4.90 Å². The Hall–Kier alpha value is -1.60. The fraction of sp³-hybridized carbons (Fsp3) is 0.250. The third-order valence-corrected chi connectivity index (χ3v) is 3.50. The number of benzene rings is 2. The zero-order chi connectivity index (χ0) is 16.7. The molecule has 0 fully saturated rings. The van der Waals surface area contributed by atoms with Crippen molar-refractivity contribution >= 4 is 5.91 Å². The number of ether oxygens (including phenoxy) is 1. The van der Waals surface area contributed by atoms with Gasteiger partial charge in [-0.2, -0.15) is 0 Å². The molecule has 0 aliphatic rings. The van der Waals surface area contributed by atoms with E-state index in [0.717, 1.165) is 5.75 Å². The van der Waals surface area contributed by atoms with Crippen LogP contribution in [0.1, 0.15) is 17.3 Å². The third kappa shape index (κ3) is 6.13. The minimum atomic E-state index is -0.135. The molecule has 126 valence electrons. The summed E-state index contributed by atoms with van der Waals surface area (Å²) in [4.78, 5) is 14.4. The average molecular weight is 493 g/mol. The number of para-hydroxylation sites is 1. The third-order valence-electron chi connectivity index (χ3n) is 3.50. The van der Waals surface area contributed by atoms with Gasteiger partial charge in [-0.25, -0.2) is 0 Å². The van der Waals surface area contributed by atoms with E-state index in [-0.39, 0.29) is 38.9 Å². The first-order valence-electron chi connectivity index (χ1n) is 7.78. The van der Waals surface area contributed by atoms with Crippen LogP contribution in [0.25, 0.3) is 0 Å². The smallest absolute Gasteiger partial charge is 0.496 e. The van der Waals surface area contributed by atoms with Crippen LogP contribution in [0, 0.1) is 19.8 Å². The van der Waals surface area contributed by atoms with Gasteiger partial charge in [-0.1, -0.05) is 49.4 Å². The first kappa shape index (κ1) is 20.4. The molecule has 2 unspecified atom stereocenters. The van der Waals surface area contributed by atoms with Crippen LogP contribution in [0.4, 0.5) is 0 Å². The van der Waals surface area contributed by atoms with Crippen molar-refractivity contribution in [1.82, 2.24) is 4.90 Å².